The molecule has 1 amide bonds. The van der Waals surface area contributed by atoms with Crippen molar-refractivity contribution in [2.24, 2.45) is 11.6 Å². The Morgan fingerprint density at radius 2 is 2.35 bits per heavy atom. The van der Waals surface area contributed by atoms with Gasteiger partial charge in [-0.15, -0.1) is 0 Å². The summed E-state index contributed by atoms with van der Waals surface area (Å²) in [7, 11) is 0. The number of aliphatic hydroxyl groups is 1. The summed E-state index contributed by atoms with van der Waals surface area (Å²) in [4.78, 5) is 19.8. The van der Waals surface area contributed by atoms with Crippen molar-refractivity contribution in [2.75, 3.05) is 10.6 Å². The molecule has 1 fully saturated rings. The molecule has 4 atom stereocenters. The van der Waals surface area contributed by atoms with Gasteiger partial charge in [-0.1, -0.05) is 6.85 Å². The third kappa shape index (κ3) is 4.79. The summed E-state index contributed by atoms with van der Waals surface area (Å²) in [6, 6.07) is -3.50. The molecular weight excluding hydrogens is 294 g/mol. The molecule has 0 aliphatic heterocycles. The van der Waals surface area contributed by atoms with Gasteiger partial charge in [-0.2, -0.15) is 4.98 Å². The van der Waals surface area contributed by atoms with Gasteiger partial charge in [-0.3, -0.25) is 4.79 Å². The van der Waals surface area contributed by atoms with Crippen LogP contribution in [-0.2, 0) is 0 Å². The second kappa shape index (κ2) is 6.70. The number of rotatable bonds is 4. The fourth-order valence-electron chi connectivity index (χ4n) is 1.67. The Balaban J connectivity index is 2.79. The zero-order chi connectivity index (χ0) is 26.9. The van der Waals surface area contributed by atoms with Crippen LogP contribution < -0.4 is 16.4 Å². The van der Waals surface area contributed by atoms with Gasteiger partial charge in [0.15, 0.2) is 0 Å². The van der Waals surface area contributed by atoms with Crippen LogP contribution in [-0.4, -0.2) is 38.6 Å². The van der Waals surface area contributed by atoms with Crippen molar-refractivity contribution in [3.8, 4) is 0 Å². The molecule has 0 spiro atoms. The molecule has 23 heavy (non-hydrogen) atoms. The van der Waals surface area contributed by atoms with Crippen molar-refractivity contribution in [3.63, 3.8) is 0 Å². The summed E-state index contributed by atoms with van der Waals surface area (Å²) < 4.78 is 89.1. The van der Waals surface area contributed by atoms with Gasteiger partial charge in [0.1, 0.15) is 5.82 Å². The summed E-state index contributed by atoms with van der Waals surface area (Å²) in [6.45, 7) is 1.53. The number of anilines is 2. The van der Waals surface area contributed by atoms with Gasteiger partial charge in [-0.05, 0) is 45.8 Å². The van der Waals surface area contributed by atoms with Crippen LogP contribution in [0, 0.1) is 5.89 Å². The van der Waals surface area contributed by atoms with Gasteiger partial charge in [0.2, 0.25) is 5.95 Å². The van der Waals surface area contributed by atoms with Gasteiger partial charge in [0.05, 0.1) is 14.4 Å². The fraction of sp³-hybridized carbons (Fsp3) is 0.688. The first-order valence-corrected chi connectivity index (χ1v) is 6.76. The Morgan fingerprint density at radius 3 is 2.96 bits per heavy atom. The second-order valence-corrected chi connectivity index (χ2v) is 5.87. The predicted octanol–water partition coefficient (Wildman–Crippen LogP) is 1.75. The maximum Gasteiger partial charge on any atom is 0.254 e. The first-order chi connectivity index (χ1) is 14.9. The van der Waals surface area contributed by atoms with Gasteiger partial charge in [0, 0.05) is 30.1 Å². The molecule has 1 aromatic rings. The SMILES string of the molecule is [2H]C1C([2H])([2H])C([2H])(Nc2nc(NC(C)(C)C)ncc2C(N)=O)C([2H])([2H])C([2H])(O)C1([2H])C([2H])([2H])[2H]. The Hall–Kier alpha value is -1.89. The summed E-state index contributed by atoms with van der Waals surface area (Å²) >= 11 is 0. The molecule has 1 aliphatic rings. The molecule has 7 nitrogen and oxygen atoms in total. The predicted molar refractivity (Wildman–Crippen MR) is 90.4 cm³/mol. The highest BCUT2D eigenvalue weighted by atomic mass is 16.3. The third-order valence-electron chi connectivity index (χ3n) is 2.64. The van der Waals surface area contributed by atoms with E-state index in [-0.39, 0.29) is 5.95 Å². The minimum Gasteiger partial charge on any atom is -0.393 e. The highest BCUT2D eigenvalue weighted by Crippen LogP contribution is 2.27. The van der Waals surface area contributed by atoms with E-state index in [0.29, 0.717) is 0 Å². The molecule has 4 unspecified atom stereocenters. The zero-order valence-electron chi connectivity index (χ0n) is 24.0. The molecule has 1 aliphatic carbocycles. The summed E-state index contributed by atoms with van der Waals surface area (Å²) in [5.41, 5.74) is 4.19. The van der Waals surface area contributed by atoms with E-state index in [1.807, 2.05) is 5.32 Å². The van der Waals surface area contributed by atoms with Crippen LogP contribution in [0.1, 0.15) is 72.2 Å². The number of amides is 1. The van der Waals surface area contributed by atoms with Crippen LogP contribution in [0.5, 0.6) is 0 Å². The lowest BCUT2D eigenvalue weighted by Crippen LogP contribution is -2.36. The van der Waals surface area contributed by atoms with Crippen molar-refractivity contribution >= 4 is 17.7 Å². The molecular formula is C16H27N5O2. The number of nitrogens with two attached hydrogens (primary N) is 1. The molecule has 128 valence electrons. The second-order valence-electron chi connectivity index (χ2n) is 5.87. The quantitative estimate of drug-likeness (QED) is 0.668. The van der Waals surface area contributed by atoms with E-state index < -0.39 is 66.8 Å². The Morgan fingerprint density at radius 1 is 1.61 bits per heavy atom. The Labute approximate surface area is 152 Å². The van der Waals surface area contributed by atoms with E-state index in [1.54, 1.807) is 20.8 Å². The molecule has 0 saturated heterocycles. The molecule has 0 radical (unpaired) electrons. The number of primary amides is 1. The van der Waals surface area contributed by atoms with Gasteiger partial charge >= 0.3 is 0 Å². The first-order valence-electron chi connectivity index (χ1n) is 12.3. The zero-order valence-corrected chi connectivity index (χ0v) is 13.0. The van der Waals surface area contributed by atoms with Crippen LogP contribution in [0.3, 0.4) is 0 Å². The van der Waals surface area contributed by atoms with Crippen molar-refractivity contribution in [3.05, 3.63) is 11.8 Å². The summed E-state index contributed by atoms with van der Waals surface area (Å²) in [5.74, 6) is -5.64. The monoisotopic (exact) mass is 332 g/mol. The van der Waals surface area contributed by atoms with Crippen LogP contribution in [0.4, 0.5) is 11.8 Å². The molecule has 5 N–H and O–H groups in total. The minimum atomic E-state index is -4.00. The van der Waals surface area contributed by atoms with E-state index in [4.69, 9.17) is 20.8 Å². The maximum absolute atomic E-state index is 11.9. The molecule has 1 aromatic heterocycles. The highest BCUT2D eigenvalue weighted by molar-refractivity contribution is 5.97. The van der Waals surface area contributed by atoms with Crippen LogP contribution in [0.15, 0.2) is 6.20 Å². The number of aromatic nitrogens is 2. The number of hydrogen-bond acceptors (Lipinski definition) is 6. The van der Waals surface area contributed by atoms with E-state index in [9.17, 15) is 9.90 Å². The van der Waals surface area contributed by atoms with Crippen molar-refractivity contribution in [1.29, 1.82) is 0 Å². The number of carbonyl (C=O) groups is 1. The van der Waals surface area contributed by atoms with E-state index in [0.717, 1.165) is 6.20 Å². The van der Waals surface area contributed by atoms with E-state index >= 15 is 0 Å². The average Bonchev–Trinajstić information content (AvgIpc) is 2.62. The highest BCUT2D eigenvalue weighted by Gasteiger charge is 2.27. The van der Waals surface area contributed by atoms with Crippen LogP contribution in [0.2, 0.25) is 0 Å². The van der Waals surface area contributed by atoms with Crippen molar-refractivity contribution in [1.82, 2.24) is 9.97 Å². The van der Waals surface area contributed by atoms with Crippen molar-refractivity contribution < 1.29 is 25.0 Å². The number of carbonyl (C=O) groups excluding carboxylic acids is 1. The van der Waals surface area contributed by atoms with E-state index in [2.05, 4.69) is 15.3 Å². The number of hydrogen-bond donors (Lipinski definition) is 4. The first kappa shape index (κ1) is 7.79. The molecule has 0 bridgehead atoms. The van der Waals surface area contributed by atoms with E-state index in [1.165, 1.54) is 0 Å². The minimum absolute atomic E-state index is 0.138. The van der Waals surface area contributed by atoms with Gasteiger partial charge in [-0.25, -0.2) is 4.98 Å². The van der Waals surface area contributed by atoms with Crippen LogP contribution >= 0.6 is 0 Å². The molecule has 2 rings (SSSR count). The van der Waals surface area contributed by atoms with Crippen LogP contribution in [0.25, 0.3) is 0 Å². The lowest BCUT2D eigenvalue weighted by molar-refractivity contribution is 0.0739. The molecule has 1 heterocycles. The third-order valence-corrected chi connectivity index (χ3v) is 2.64. The number of nitrogens with one attached hydrogen (secondary N) is 2. The summed E-state index contributed by atoms with van der Waals surface area (Å²) in [6.07, 6.45) is -13.3. The van der Waals surface area contributed by atoms with Gasteiger partial charge in [0.25, 0.3) is 5.91 Å². The lowest BCUT2D eigenvalue weighted by atomic mass is 9.85. The largest absolute Gasteiger partial charge is 0.393 e. The Bertz CT molecular complexity index is 981. The molecule has 0 aromatic carbocycles. The number of nitrogens with zero attached hydrogens (tertiary/aromatic N) is 2. The molecule has 7 heteroatoms. The van der Waals surface area contributed by atoms with Crippen molar-refractivity contribution in [2.45, 2.75) is 64.4 Å². The van der Waals surface area contributed by atoms with Gasteiger partial charge < -0.3 is 21.5 Å². The topological polar surface area (TPSA) is 113 Å². The smallest absolute Gasteiger partial charge is 0.254 e. The average molecular weight is 332 g/mol. The Kier molecular flexibility index (Phi) is 2.27. The standard InChI is InChI=1S/C16H27N5O2/c1-9-5-6-10(7-12(9)22)19-14-11(13(17)23)8-18-15(20-14)21-16(2,3)4/h8-10,12,22H,5-7H2,1-4H3,(H2,17,23)(H2,18,19,20,21)/i1D3,5D,6D2,7D2,9D,10D,12D. The molecule has 1 saturated carbocycles. The lowest BCUT2D eigenvalue weighted by Gasteiger charge is -2.32. The normalized spacial score (nSPS) is 49.7. The summed E-state index contributed by atoms with van der Waals surface area (Å²) in [5, 5.41) is 15.6. The maximum atomic E-state index is 11.9. The fourth-order valence-corrected chi connectivity index (χ4v) is 1.67.